The van der Waals surface area contributed by atoms with Crippen LogP contribution in [0.25, 0.3) is 10.9 Å². The zero-order valence-corrected chi connectivity index (χ0v) is 11.3. The van der Waals surface area contributed by atoms with E-state index in [1.807, 2.05) is 13.0 Å². The summed E-state index contributed by atoms with van der Waals surface area (Å²) >= 11 is 3.39. The number of ether oxygens (including phenoxy) is 1. The van der Waals surface area contributed by atoms with Gasteiger partial charge in [-0.3, -0.25) is 4.79 Å². The van der Waals surface area contributed by atoms with Gasteiger partial charge in [-0.05, 0) is 24.6 Å². The maximum atomic E-state index is 11.4. The number of halogens is 1. The fourth-order valence-electron chi connectivity index (χ4n) is 2.33. The Kier molecular flexibility index (Phi) is 2.68. The van der Waals surface area contributed by atoms with Gasteiger partial charge in [-0.15, -0.1) is 0 Å². The smallest absolute Gasteiger partial charge is 0.248 e. The molecule has 1 aliphatic heterocycles. The Hall–Kier alpha value is -1.33. The largest absolute Gasteiger partial charge is 0.491 e. The summed E-state index contributed by atoms with van der Waals surface area (Å²) in [5.41, 5.74) is 2.31. The minimum Gasteiger partial charge on any atom is -0.491 e. The van der Waals surface area contributed by atoms with Gasteiger partial charge in [0.25, 0.3) is 0 Å². The number of aliphatic hydroxyl groups excluding tert-OH is 1. The molecule has 2 N–H and O–H groups in total. The summed E-state index contributed by atoms with van der Waals surface area (Å²) in [6.45, 7) is 2.31. The van der Waals surface area contributed by atoms with Crippen LogP contribution in [0.15, 0.2) is 23.0 Å². The maximum absolute atomic E-state index is 11.4. The molecule has 0 bridgehead atoms. The highest BCUT2D eigenvalue weighted by Crippen LogP contribution is 2.40. The van der Waals surface area contributed by atoms with Gasteiger partial charge in [0, 0.05) is 17.0 Å². The van der Waals surface area contributed by atoms with E-state index in [1.54, 1.807) is 6.07 Å². The maximum Gasteiger partial charge on any atom is 0.248 e. The fraction of sp³-hybridized carbons (Fsp3) is 0.308. The van der Waals surface area contributed by atoms with Crippen molar-refractivity contribution in [2.24, 2.45) is 0 Å². The van der Waals surface area contributed by atoms with Crippen molar-refractivity contribution in [3.05, 3.63) is 39.7 Å². The molecule has 0 radical (unpaired) electrons. The number of pyridine rings is 1. The Morgan fingerprint density at radius 1 is 1.50 bits per heavy atom. The van der Waals surface area contributed by atoms with Gasteiger partial charge in [-0.25, -0.2) is 0 Å². The quantitative estimate of drug-likeness (QED) is 0.732. The van der Waals surface area contributed by atoms with Crippen molar-refractivity contribution in [1.29, 1.82) is 0 Å². The number of fused-ring (bicyclic) bond motifs is 3. The van der Waals surface area contributed by atoms with E-state index in [4.69, 9.17) is 4.74 Å². The number of rotatable bonds is 0. The molecular weight excluding hydrogens is 298 g/mol. The lowest BCUT2D eigenvalue weighted by molar-refractivity contribution is 0.126. The van der Waals surface area contributed by atoms with E-state index in [-0.39, 0.29) is 10.4 Å². The van der Waals surface area contributed by atoms with Crippen LogP contribution >= 0.6 is 15.9 Å². The average molecular weight is 310 g/mol. The number of hydrogen-bond donors (Lipinski definition) is 2. The second-order valence-corrected chi connectivity index (χ2v) is 5.67. The van der Waals surface area contributed by atoms with Crippen LogP contribution in [-0.4, -0.2) is 21.5 Å². The zero-order chi connectivity index (χ0) is 12.9. The third-order valence-electron chi connectivity index (χ3n) is 3.24. The van der Waals surface area contributed by atoms with Crippen molar-refractivity contribution in [3.63, 3.8) is 0 Å². The summed E-state index contributed by atoms with van der Waals surface area (Å²) in [5, 5.41) is 11.0. The zero-order valence-electron chi connectivity index (χ0n) is 9.74. The normalized spacial score (nSPS) is 22.6. The van der Waals surface area contributed by atoms with Crippen LogP contribution < -0.4 is 10.3 Å². The molecule has 0 spiro atoms. The highest BCUT2D eigenvalue weighted by molar-refractivity contribution is 9.09. The first-order valence-corrected chi connectivity index (χ1v) is 6.61. The molecular formula is C13H12BrNO3. The SMILES string of the molecule is Cc1cc2c(c3ccc(=O)[nH]c13)OC[C@@H](Br)[C@H]2O. The van der Waals surface area contributed by atoms with Gasteiger partial charge in [0.1, 0.15) is 12.4 Å². The van der Waals surface area contributed by atoms with Crippen LogP contribution in [-0.2, 0) is 0 Å². The molecule has 18 heavy (non-hydrogen) atoms. The molecule has 0 fully saturated rings. The first-order valence-electron chi connectivity index (χ1n) is 5.69. The van der Waals surface area contributed by atoms with Crippen molar-refractivity contribution in [1.82, 2.24) is 4.98 Å². The lowest BCUT2D eigenvalue weighted by atomic mass is 9.97. The van der Waals surface area contributed by atoms with E-state index in [2.05, 4.69) is 20.9 Å². The molecule has 1 aromatic heterocycles. The highest BCUT2D eigenvalue weighted by atomic mass is 79.9. The lowest BCUT2D eigenvalue weighted by Crippen LogP contribution is -2.26. The van der Waals surface area contributed by atoms with Gasteiger partial charge in [-0.2, -0.15) is 0 Å². The van der Waals surface area contributed by atoms with Crippen LogP contribution in [0.1, 0.15) is 17.2 Å². The molecule has 0 aliphatic carbocycles. The summed E-state index contributed by atoms with van der Waals surface area (Å²) in [7, 11) is 0. The first-order chi connectivity index (χ1) is 8.58. The van der Waals surface area contributed by atoms with Crippen LogP contribution in [0.2, 0.25) is 0 Å². The topological polar surface area (TPSA) is 62.3 Å². The van der Waals surface area contributed by atoms with E-state index in [0.717, 1.165) is 22.0 Å². The molecule has 5 heteroatoms. The third-order valence-corrected chi connectivity index (χ3v) is 4.01. The van der Waals surface area contributed by atoms with Crippen molar-refractivity contribution >= 4 is 26.8 Å². The van der Waals surface area contributed by atoms with Crippen molar-refractivity contribution in [2.75, 3.05) is 6.61 Å². The van der Waals surface area contributed by atoms with E-state index in [1.165, 1.54) is 6.07 Å². The number of H-pyrrole nitrogens is 1. The summed E-state index contributed by atoms with van der Waals surface area (Å²) in [6, 6.07) is 5.07. The summed E-state index contributed by atoms with van der Waals surface area (Å²) in [5.74, 6) is 0.662. The molecule has 1 aromatic carbocycles. The third kappa shape index (κ3) is 1.66. The molecule has 0 saturated heterocycles. The van der Waals surface area contributed by atoms with Crippen LogP contribution in [0.3, 0.4) is 0 Å². The molecule has 2 atom stereocenters. The van der Waals surface area contributed by atoms with Gasteiger partial charge < -0.3 is 14.8 Å². The number of aryl methyl sites for hydroxylation is 1. The minimum atomic E-state index is -0.594. The van der Waals surface area contributed by atoms with Crippen LogP contribution in [0.5, 0.6) is 5.75 Å². The van der Waals surface area contributed by atoms with E-state index < -0.39 is 6.10 Å². The molecule has 0 amide bonds. The Labute approximate surface area is 112 Å². The van der Waals surface area contributed by atoms with Gasteiger partial charge >= 0.3 is 0 Å². The van der Waals surface area contributed by atoms with Gasteiger partial charge in [0.05, 0.1) is 16.4 Å². The monoisotopic (exact) mass is 309 g/mol. The molecule has 0 unspecified atom stereocenters. The Morgan fingerprint density at radius 3 is 3.06 bits per heavy atom. The number of aliphatic hydroxyl groups is 1. The molecule has 2 heterocycles. The molecule has 0 saturated carbocycles. The number of nitrogens with one attached hydrogen (secondary N) is 1. The number of aromatic amines is 1. The summed E-state index contributed by atoms with van der Waals surface area (Å²) < 4.78 is 5.69. The molecule has 1 aliphatic rings. The van der Waals surface area contributed by atoms with Crippen LogP contribution in [0.4, 0.5) is 0 Å². The average Bonchev–Trinajstić information content (AvgIpc) is 2.35. The first kappa shape index (κ1) is 11.7. The van der Waals surface area contributed by atoms with E-state index in [9.17, 15) is 9.90 Å². The summed E-state index contributed by atoms with van der Waals surface area (Å²) in [4.78, 5) is 14.1. The number of hydrogen-bond acceptors (Lipinski definition) is 3. The van der Waals surface area contributed by atoms with E-state index in [0.29, 0.717) is 12.4 Å². The fourth-order valence-corrected chi connectivity index (χ4v) is 2.75. The minimum absolute atomic E-state index is 0.107. The van der Waals surface area contributed by atoms with Gasteiger partial charge in [0.15, 0.2) is 0 Å². The number of benzene rings is 1. The molecule has 4 nitrogen and oxygen atoms in total. The molecule has 94 valence electrons. The lowest BCUT2D eigenvalue weighted by Gasteiger charge is -2.28. The Balaban J connectivity index is 2.37. The number of aromatic nitrogens is 1. The standard InChI is InChI=1S/C13H12BrNO3/c1-6-4-8-12(17)9(14)5-18-13(8)7-2-3-10(16)15-11(6)7/h2-4,9,12,17H,5H2,1H3,(H,15,16)/t9-,12+/m1/s1. The Bertz CT molecular complexity index is 680. The second-order valence-electron chi connectivity index (χ2n) is 4.49. The highest BCUT2D eigenvalue weighted by Gasteiger charge is 2.29. The Morgan fingerprint density at radius 2 is 2.28 bits per heavy atom. The predicted octanol–water partition coefficient (Wildman–Crippen LogP) is 2.03. The van der Waals surface area contributed by atoms with Crippen molar-refractivity contribution in [3.8, 4) is 5.75 Å². The van der Waals surface area contributed by atoms with Crippen molar-refractivity contribution in [2.45, 2.75) is 17.9 Å². The second kappa shape index (κ2) is 4.10. The predicted molar refractivity (Wildman–Crippen MR) is 72.5 cm³/mol. The van der Waals surface area contributed by atoms with Gasteiger partial charge in [0.2, 0.25) is 5.56 Å². The van der Waals surface area contributed by atoms with Gasteiger partial charge in [-0.1, -0.05) is 15.9 Å². The van der Waals surface area contributed by atoms with E-state index >= 15 is 0 Å². The van der Waals surface area contributed by atoms with Crippen LogP contribution in [0, 0.1) is 6.92 Å². The number of alkyl halides is 1. The molecule has 2 aromatic rings. The summed E-state index contributed by atoms with van der Waals surface area (Å²) in [6.07, 6.45) is -0.594. The van der Waals surface area contributed by atoms with Crippen molar-refractivity contribution < 1.29 is 9.84 Å². The molecule has 3 rings (SSSR count).